The molecule has 5 heterocycles. The lowest BCUT2D eigenvalue weighted by molar-refractivity contribution is 0.468. The van der Waals surface area contributed by atoms with E-state index in [1.807, 2.05) is 31.6 Å². The van der Waals surface area contributed by atoms with Gasteiger partial charge in [-0.25, -0.2) is 15.0 Å². The second-order valence-electron chi connectivity index (χ2n) is 8.25. The van der Waals surface area contributed by atoms with Gasteiger partial charge in [-0.1, -0.05) is 19.8 Å². The molecule has 1 fully saturated rings. The molecule has 4 aromatic rings. The van der Waals surface area contributed by atoms with Crippen LogP contribution in [0.2, 0.25) is 0 Å². The highest BCUT2D eigenvalue weighted by atomic mass is 15.4. The maximum Gasteiger partial charge on any atom is 0.163 e. The van der Waals surface area contributed by atoms with Crippen LogP contribution in [-0.2, 0) is 0 Å². The summed E-state index contributed by atoms with van der Waals surface area (Å²) >= 11 is 0. The van der Waals surface area contributed by atoms with Crippen LogP contribution in [0.5, 0.6) is 0 Å². The Morgan fingerprint density at radius 3 is 2.83 bits per heavy atom. The van der Waals surface area contributed by atoms with Crippen molar-refractivity contribution in [2.45, 2.75) is 58.0 Å². The molecule has 0 amide bonds. The molecular weight excluding hydrogens is 376 g/mol. The molecule has 4 aromatic heterocycles. The van der Waals surface area contributed by atoms with E-state index in [9.17, 15) is 0 Å². The predicted octanol–water partition coefficient (Wildman–Crippen LogP) is 4.12. The highest BCUT2D eigenvalue weighted by molar-refractivity contribution is 5.80. The second-order valence-corrected chi connectivity index (χ2v) is 8.25. The van der Waals surface area contributed by atoms with Gasteiger partial charge in [0.25, 0.3) is 0 Å². The first-order valence-electron chi connectivity index (χ1n) is 10.8. The highest BCUT2D eigenvalue weighted by Crippen LogP contribution is 2.43. The molecule has 0 radical (unpaired) electrons. The third-order valence-corrected chi connectivity index (χ3v) is 6.48. The molecule has 2 aliphatic rings. The zero-order valence-corrected chi connectivity index (χ0v) is 17.2. The molecule has 1 aliphatic carbocycles. The quantitative estimate of drug-likeness (QED) is 0.556. The number of fused-ring (bicyclic) bond motifs is 4. The lowest BCUT2D eigenvalue weighted by Gasteiger charge is -2.41. The van der Waals surface area contributed by atoms with Gasteiger partial charge in [0.05, 0.1) is 12.2 Å². The molecule has 0 spiro atoms. The summed E-state index contributed by atoms with van der Waals surface area (Å²) in [5, 5.41) is 9.98. The molecule has 0 bridgehead atoms. The first-order chi connectivity index (χ1) is 14.7. The number of pyridine rings is 1. The maximum absolute atomic E-state index is 5.11. The van der Waals surface area contributed by atoms with Gasteiger partial charge in [0.2, 0.25) is 0 Å². The number of aryl methyl sites for hydroxylation is 1. The summed E-state index contributed by atoms with van der Waals surface area (Å²) in [5.41, 5.74) is 2.78. The Bertz CT molecular complexity index is 1230. The van der Waals surface area contributed by atoms with Crippen molar-refractivity contribution in [1.29, 1.82) is 0 Å². The van der Waals surface area contributed by atoms with Crippen LogP contribution in [0.4, 0.5) is 5.82 Å². The monoisotopic (exact) mass is 400 g/mol. The molecular formula is C22H24N8. The first kappa shape index (κ1) is 17.6. The van der Waals surface area contributed by atoms with Crippen molar-refractivity contribution in [1.82, 2.24) is 34.7 Å². The predicted molar refractivity (Wildman–Crippen MR) is 115 cm³/mol. The number of aromatic nitrogens is 7. The van der Waals surface area contributed by atoms with E-state index in [2.05, 4.69) is 42.6 Å². The third kappa shape index (κ3) is 2.49. The SMILES string of the molecule is CC[C@@H]1c2nnc(C)n2-c2cnc(-c3cnc4[nH]ccc4c3)nc2N1C1CCCC1. The van der Waals surface area contributed by atoms with Crippen molar-refractivity contribution in [3.63, 3.8) is 0 Å². The van der Waals surface area contributed by atoms with E-state index in [1.54, 1.807) is 0 Å². The smallest absolute Gasteiger partial charge is 0.163 e. The summed E-state index contributed by atoms with van der Waals surface area (Å²) < 4.78 is 2.13. The average molecular weight is 400 g/mol. The Hall–Kier alpha value is -3.29. The van der Waals surface area contributed by atoms with Gasteiger partial charge in [-0.2, -0.15) is 0 Å². The van der Waals surface area contributed by atoms with E-state index in [1.165, 1.54) is 25.7 Å². The lowest BCUT2D eigenvalue weighted by atomic mass is 10.0. The van der Waals surface area contributed by atoms with E-state index in [0.717, 1.165) is 46.2 Å². The first-order valence-corrected chi connectivity index (χ1v) is 10.8. The number of anilines is 1. The number of H-pyrrole nitrogens is 1. The largest absolute Gasteiger partial charge is 0.346 e. The Kier molecular flexibility index (Phi) is 3.87. The zero-order chi connectivity index (χ0) is 20.2. The van der Waals surface area contributed by atoms with Crippen molar-refractivity contribution in [3.8, 4) is 17.1 Å². The van der Waals surface area contributed by atoms with Crippen LogP contribution >= 0.6 is 0 Å². The molecule has 1 atom stereocenters. The lowest BCUT2D eigenvalue weighted by Crippen LogP contribution is -2.42. The van der Waals surface area contributed by atoms with Crippen molar-refractivity contribution in [3.05, 3.63) is 42.4 Å². The van der Waals surface area contributed by atoms with Crippen LogP contribution in [0.3, 0.4) is 0 Å². The molecule has 0 aromatic carbocycles. The summed E-state index contributed by atoms with van der Waals surface area (Å²) in [6.07, 6.45) is 11.6. The molecule has 30 heavy (non-hydrogen) atoms. The molecule has 0 saturated heterocycles. The molecule has 1 aliphatic heterocycles. The fourth-order valence-corrected chi connectivity index (χ4v) is 5.07. The average Bonchev–Trinajstić information content (AvgIpc) is 3.53. The summed E-state index contributed by atoms with van der Waals surface area (Å²) in [4.78, 5) is 20.0. The van der Waals surface area contributed by atoms with Crippen molar-refractivity contribution < 1.29 is 0 Å². The van der Waals surface area contributed by atoms with Gasteiger partial charge in [-0.3, -0.25) is 4.57 Å². The Labute approximate surface area is 174 Å². The fraction of sp³-hybridized carbons (Fsp3) is 0.409. The number of aromatic amines is 1. The van der Waals surface area contributed by atoms with Gasteiger partial charge >= 0.3 is 0 Å². The molecule has 1 saturated carbocycles. The topological polar surface area (TPSA) is 88.4 Å². The minimum Gasteiger partial charge on any atom is -0.346 e. The van der Waals surface area contributed by atoms with Crippen molar-refractivity contribution in [2.24, 2.45) is 0 Å². The number of rotatable bonds is 3. The highest BCUT2D eigenvalue weighted by Gasteiger charge is 2.39. The number of nitrogens with zero attached hydrogens (tertiary/aromatic N) is 7. The van der Waals surface area contributed by atoms with Gasteiger partial charge in [0.1, 0.15) is 17.2 Å². The van der Waals surface area contributed by atoms with Crippen LogP contribution in [-0.4, -0.2) is 40.7 Å². The van der Waals surface area contributed by atoms with E-state index in [4.69, 9.17) is 9.97 Å². The summed E-state index contributed by atoms with van der Waals surface area (Å²) in [5.74, 6) is 3.57. The van der Waals surface area contributed by atoms with Crippen LogP contribution in [0.1, 0.15) is 56.7 Å². The van der Waals surface area contributed by atoms with Crippen LogP contribution in [0.25, 0.3) is 28.1 Å². The van der Waals surface area contributed by atoms with Gasteiger partial charge in [-0.05, 0) is 38.3 Å². The van der Waals surface area contributed by atoms with Crippen LogP contribution in [0, 0.1) is 6.92 Å². The molecule has 0 unspecified atom stereocenters. The third-order valence-electron chi connectivity index (χ3n) is 6.48. The normalized spacial score (nSPS) is 18.7. The second kappa shape index (κ2) is 6.62. The van der Waals surface area contributed by atoms with E-state index in [-0.39, 0.29) is 6.04 Å². The molecule has 6 rings (SSSR count). The molecule has 8 heteroatoms. The fourth-order valence-electron chi connectivity index (χ4n) is 5.07. The van der Waals surface area contributed by atoms with E-state index >= 15 is 0 Å². The van der Waals surface area contributed by atoms with Gasteiger partial charge in [-0.15, -0.1) is 10.2 Å². The van der Waals surface area contributed by atoms with E-state index in [0.29, 0.717) is 11.9 Å². The number of nitrogens with one attached hydrogen (secondary N) is 1. The Morgan fingerprint density at radius 2 is 2.00 bits per heavy atom. The Morgan fingerprint density at radius 1 is 1.13 bits per heavy atom. The van der Waals surface area contributed by atoms with Crippen molar-refractivity contribution >= 4 is 16.9 Å². The minimum absolute atomic E-state index is 0.176. The number of hydrogen-bond acceptors (Lipinski definition) is 6. The summed E-state index contributed by atoms with van der Waals surface area (Å²) in [6, 6.07) is 4.77. The van der Waals surface area contributed by atoms with Crippen LogP contribution < -0.4 is 4.90 Å². The molecule has 152 valence electrons. The van der Waals surface area contributed by atoms with Crippen molar-refractivity contribution in [2.75, 3.05) is 4.90 Å². The van der Waals surface area contributed by atoms with Gasteiger partial charge in [0.15, 0.2) is 17.5 Å². The van der Waals surface area contributed by atoms with Crippen LogP contribution in [0.15, 0.2) is 30.7 Å². The molecule has 8 nitrogen and oxygen atoms in total. The van der Waals surface area contributed by atoms with E-state index < -0.39 is 0 Å². The summed E-state index contributed by atoms with van der Waals surface area (Å²) in [6.45, 7) is 4.22. The van der Waals surface area contributed by atoms with Gasteiger partial charge < -0.3 is 9.88 Å². The zero-order valence-electron chi connectivity index (χ0n) is 17.2. The molecule has 1 N–H and O–H groups in total. The maximum atomic E-state index is 5.11. The summed E-state index contributed by atoms with van der Waals surface area (Å²) in [7, 11) is 0. The Balaban J connectivity index is 1.55. The standard InChI is InChI=1S/C22H24N8/c1-3-17-22-28-27-13(2)29(22)18-12-25-20(15-10-14-8-9-23-19(14)24-11-15)26-21(18)30(17)16-6-4-5-7-16/h8-12,16-17H,3-7H2,1-2H3,(H,23,24)/t17-/m1/s1. The minimum atomic E-state index is 0.176. The number of hydrogen-bond donors (Lipinski definition) is 1. The van der Waals surface area contributed by atoms with Gasteiger partial charge in [0, 0.05) is 29.4 Å².